The van der Waals surface area contributed by atoms with Crippen LogP contribution in [-0.4, -0.2) is 31.9 Å². The number of sulfone groups is 1. The molecule has 6 heteroatoms. The smallest absolute Gasteiger partial charge is 0.309 e. The molecular formula is C13H16O5S. The molecule has 1 aliphatic heterocycles. The van der Waals surface area contributed by atoms with E-state index in [1.165, 1.54) is 6.07 Å². The third-order valence-electron chi connectivity index (χ3n) is 3.25. The van der Waals surface area contributed by atoms with E-state index in [1.54, 1.807) is 25.1 Å². The van der Waals surface area contributed by atoms with Gasteiger partial charge in [-0.15, -0.1) is 0 Å². The van der Waals surface area contributed by atoms with Gasteiger partial charge in [-0.05, 0) is 19.4 Å². The van der Waals surface area contributed by atoms with Crippen molar-refractivity contribution in [3.63, 3.8) is 0 Å². The maximum absolute atomic E-state index is 11.9. The average molecular weight is 284 g/mol. The van der Waals surface area contributed by atoms with Crippen LogP contribution in [0, 0.1) is 0 Å². The summed E-state index contributed by atoms with van der Waals surface area (Å²) in [5, 5.41) is 10.6. The maximum Gasteiger partial charge on any atom is 0.309 e. The van der Waals surface area contributed by atoms with Gasteiger partial charge in [-0.3, -0.25) is 4.79 Å². The van der Waals surface area contributed by atoms with Crippen LogP contribution in [0.15, 0.2) is 29.2 Å². The van der Waals surface area contributed by atoms with Crippen LogP contribution in [0.5, 0.6) is 0 Å². The number of hydrogen-bond donors (Lipinski definition) is 1. The highest BCUT2D eigenvalue weighted by Crippen LogP contribution is 2.39. The maximum atomic E-state index is 11.9. The number of aliphatic hydroxyl groups is 1. The fourth-order valence-corrected chi connectivity index (χ4v) is 4.01. The van der Waals surface area contributed by atoms with Gasteiger partial charge in [0.2, 0.25) is 0 Å². The zero-order chi connectivity index (χ0) is 14.1. The number of carbonyl (C=O) groups is 1. The first-order valence-corrected chi connectivity index (χ1v) is 7.74. The molecule has 0 aromatic heterocycles. The summed E-state index contributed by atoms with van der Waals surface area (Å²) in [7, 11) is -3.37. The molecule has 1 N–H and O–H groups in total. The summed E-state index contributed by atoms with van der Waals surface area (Å²) in [6, 6.07) is 6.26. The van der Waals surface area contributed by atoms with E-state index < -0.39 is 21.4 Å². The zero-order valence-electron chi connectivity index (χ0n) is 10.6. The van der Waals surface area contributed by atoms with E-state index in [1.807, 2.05) is 0 Å². The fraction of sp³-hybridized carbons (Fsp3) is 0.462. The Morgan fingerprint density at radius 1 is 1.42 bits per heavy atom. The third kappa shape index (κ3) is 2.64. The number of ether oxygens (including phenoxy) is 1. The molecule has 2 rings (SSSR count). The van der Waals surface area contributed by atoms with E-state index in [0.717, 1.165) is 0 Å². The molecule has 1 atom stereocenters. The van der Waals surface area contributed by atoms with Gasteiger partial charge >= 0.3 is 5.97 Å². The van der Waals surface area contributed by atoms with E-state index >= 15 is 0 Å². The van der Waals surface area contributed by atoms with E-state index in [9.17, 15) is 18.3 Å². The van der Waals surface area contributed by atoms with Gasteiger partial charge in [0, 0.05) is 5.56 Å². The molecule has 1 aromatic rings. The van der Waals surface area contributed by atoms with E-state index in [-0.39, 0.29) is 35.7 Å². The van der Waals surface area contributed by atoms with Gasteiger partial charge in [-0.2, -0.15) is 0 Å². The molecular weight excluding hydrogens is 268 g/mol. The van der Waals surface area contributed by atoms with Gasteiger partial charge in [-0.1, -0.05) is 18.2 Å². The van der Waals surface area contributed by atoms with Crippen molar-refractivity contribution in [2.45, 2.75) is 30.3 Å². The highest BCUT2D eigenvalue weighted by Gasteiger charge is 2.42. The predicted octanol–water partition coefficient (Wildman–Crippen LogP) is 1.00. The van der Waals surface area contributed by atoms with Crippen molar-refractivity contribution in [2.24, 2.45) is 0 Å². The number of esters is 1. The monoisotopic (exact) mass is 284 g/mol. The van der Waals surface area contributed by atoms with Crippen LogP contribution in [0.25, 0.3) is 0 Å². The minimum absolute atomic E-state index is 0.00512. The quantitative estimate of drug-likeness (QED) is 0.838. The van der Waals surface area contributed by atoms with Gasteiger partial charge < -0.3 is 9.84 Å². The minimum atomic E-state index is -3.37. The normalized spacial score (nSPS) is 24.5. The fourth-order valence-electron chi connectivity index (χ4n) is 2.30. The van der Waals surface area contributed by atoms with Crippen LogP contribution in [0.2, 0.25) is 0 Å². The lowest BCUT2D eigenvalue weighted by Crippen LogP contribution is -2.37. The van der Waals surface area contributed by atoms with Crippen molar-refractivity contribution in [1.82, 2.24) is 0 Å². The Bertz CT molecular complexity index is 593. The summed E-state index contributed by atoms with van der Waals surface area (Å²) in [4.78, 5) is 11.7. The average Bonchev–Trinajstić information content (AvgIpc) is 2.36. The first kappa shape index (κ1) is 14.0. The van der Waals surface area contributed by atoms with E-state index in [2.05, 4.69) is 0 Å². The second kappa shape index (κ2) is 4.94. The van der Waals surface area contributed by atoms with Crippen LogP contribution >= 0.6 is 0 Å². The third-order valence-corrected chi connectivity index (χ3v) is 5.02. The Balaban J connectivity index is 2.42. The highest BCUT2D eigenvalue weighted by atomic mass is 32.2. The number of carbonyl (C=O) groups excluding carboxylic acids is 1. The van der Waals surface area contributed by atoms with Crippen LogP contribution in [0.1, 0.15) is 25.3 Å². The van der Waals surface area contributed by atoms with Gasteiger partial charge in [0.15, 0.2) is 9.84 Å². The summed E-state index contributed by atoms with van der Waals surface area (Å²) >= 11 is 0. The lowest BCUT2D eigenvalue weighted by molar-refractivity contribution is -0.149. The zero-order valence-corrected chi connectivity index (χ0v) is 11.4. The van der Waals surface area contributed by atoms with E-state index in [0.29, 0.717) is 0 Å². The lowest BCUT2D eigenvalue weighted by Gasteiger charge is -2.33. The number of hydrogen-bond acceptors (Lipinski definition) is 5. The SMILES string of the molecule is CCOC(=O)CC1(O)CCS(=O)(=O)c2ccccc21. The summed E-state index contributed by atoms with van der Waals surface area (Å²) in [5.41, 5.74) is -1.18. The van der Waals surface area contributed by atoms with Crippen molar-refractivity contribution in [3.8, 4) is 0 Å². The summed E-state index contributed by atoms with van der Waals surface area (Å²) in [6.45, 7) is 1.91. The molecule has 1 aromatic carbocycles. The molecule has 0 fully saturated rings. The van der Waals surface area contributed by atoms with Crippen LogP contribution in [0.3, 0.4) is 0 Å². The molecule has 0 bridgehead atoms. The second-order valence-electron chi connectivity index (χ2n) is 4.58. The van der Waals surface area contributed by atoms with Gasteiger partial charge in [0.25, 0.3) is 0 Å². The molecule has 0 radical (unpaired) electrons. The molecule has 1 unspecified atom stereocenters. The predicted molar refractivity (Wildman–Crippen MR) is 68.3 cm³/mol. The molecule has 19 heavy (non-hydrogen) atoms. The first-order valence-electron chi connectivity index (χ1n) is 6.09. The number of fused-ring (bicyclic) bond motifs is 1. The van der Waals surface area contributed by atoms with Crippen LogP contribution in [0.4, 0.5) is 0 Å². The Hall–Kier alpha value is -1.40. The van der Waals surface area contributed by atoms with Gasteiger partial charge in [0.05, 0.1) is 23.7 Å². The highest BCUT2D eigenvalue weighted by molar-refractivity contribution is 7.91. The molecule has 1 aliphatic rings. The van der Waals surface area contributed by atoms with Crippen LogP contribution in [-0.2, 0) is 25.0 Å². The number of benzene rings is 1. The van der Waals surface area contributed by atoms with Crippen molar-refractivity contribution in [1.29, 1.82) is 0 Å². The molecule has 5 nitrogen and oxygen atoms in total. The Morgan fingerprint density at radius 2 is 2.11 bits per heavy atom. The largest absolute Gasteiger partial charge is 0.466 e. The standard InChI is InChI=1S/C13H16O5S/c1-2-18-12(14)9-13(15)7-8-19(16,17)11-6-4-3-5-10(11)13/h3-6,15H,2,7-9H2,1H3. The first-order chi connectivity index (χ1) is 8.89. The molecule has 0 aliphatic carbocycles. The minimum Gasteiger partial charge on any atom is -0.466 e. The van der Waals surface area contributed by atoms with Crippen molar-refractivity contribution in [2.75, 3.05) is 12.4 Å². The second-order valence-corrected chi connectivity index (χ2v) is 6.66. The van der Waals surface area contributed by atoms with Crippen molar-refractivity contribution in [3.05, 3.63) is 29.8 Å². The van der Waals surface area contributed by atoms with E-state index in [4.69, 9.17) is 4.74 Å². The topological polar surface area (TPSA) is 80.7 Å². The summed E-state index contributed by atoms with van der Waals surface area (Å²) < 4.78 is 28.7. The Morgan fingerprint density at radius 3 is 2.79 bits per heavy atom. The molecule has 104 valence electrons. The molecule has 0 amide bonds. The van der Waals surface area contributed by atoms with Gasteiger partial charge in [0.1, 0.15) is 5.60 Å². The van der Waals surface area contributed by atoms with Gasteiger partial charge in [-0.25, -0.2) is 8.42 Å². The Kier molecular flexibility index (Phi) is 3.64. The van der Waals surface area contributed by atoms with Crippen molar-refractivity contribution < 1.29 is 23.1 Å². The molecule has 1 heterocycles. The number of rotatable bonds is 3. The van der Waals surface area contributed by atoms with Crippen LogP contribution < -0.4 is 0 Å². The Labute approximate surface area is 112 Å². The molecule has 0 saturated heterocycles. The lowest BCUT2D eigenvalue weighted by atomic mass is 9.87. The van der Waals surface area contributed by atoms with Crippen molar-refractivity contribution >= 4 is 15.8 Å². The molecule has 0 spiro atoms. The summed E-state index contributed by atoms with van der Waals surface area (Å²) in [6.07, 6.45) is -0.224. The molecule has 0 saturated carbocycles. The summed E-state index contributed by atoms with van der Waals surface area (Å²) in [5.74, 6) is -0.695.